The first kappa shape index (κ1) is 11.1. The Labute approximate surface area is 105 Å². The Morgan fingerprint density at radius 3 is 3.00 bits per heavy atom. The highest BCUT2D eigenvalue weighted by Gasteiger charge is 2.16. The molecule has 2 aromatic heterocycles. The van der Waals surface area contributed by atoms with Gasteiger partial charge in [-0.2, -0.15) is 0 Å². The summed E-state index contributed by atoms with van der Waals surface area (Å²) in [6.45, 7) is 6.62. The lowest BCUT2D eigenvalue weighted by molar-refractivity contribution is 0.0865. The topological polar surface area (TPSA) is 27.1 Å². The molecule has 0 saturated carbocycles. The second-order valence-corrected chi connectivity index (χ2v) is 5.13. The van der Waals surface area contributed by atoms with Crippen molar-refractivity contribution in [2.24, 2.45) is 0 Å². The minimum atomic E-state index is 0.394. The molecule has 3 heterocycles. The Bertz CT molecular complexity index is 574. The second kappa shape index (κ2) is 4.00. The molecule has 0 fully saturated rings. The van der Waals surface area contributed by atoms with Crippen LogP contribution >= 0.6 is 11.6 Å². The van der Waals surface area contributed by atoms with Crippen molar-refractivity contribution in [2.75, 3.05) is 6.61 Å². The molecule has 0 N–H and O–H groups in total. The van der Waals surface area contributed by atoms with Crippen LogP contribution in [0.15, 0.2) is 12.1 Å². The monoisotopic (exact) mass is 250 g/mol. The normalized spacial score (nSPS) is 15.5. The van der Waals surface area contributed by atoms with Crippen LogP contribution < -0.4 is 0 Å². The molecule has 3 nitrogen and oxygen atoms in total. The minimum Gasteiger partial charge on any atom is -0.373 e. The Kier molecular flexibility index (Phi) is 2.60. The molecule has 0 saturated heterocycles. The second-order valence-electron chi connectivity index (χ2n) is 4.77. The van der Waals surface area contributed by atoms with Crippen LogP contribution in [-0.4, -0.2) is 16.2 Å². The molecule has 3 rings (SSSR count). The van der Waals surface area contributed by atoms with Crippen LogP contribution in [0.3, 0.4) is 0 Å². The van der Waals surface area contributed by atoms with E-state index in [9.17, 15) is 0 Å². The molecule has 1 aliphatic rings. The van der Waals surface area contributed by atoms with E-state index in [4.69, 9.17) is 16.3 Å². The molecule has 0 spiro atoms. The molecule has 1 aliphatic heterocycles. The van der Waals surface area contributed by atoms with Gasteiger partial charge in [0.05, 0.1) is 24.2 Å². The first-order chi connectivity index (χ1) is 8.16. The van der Waals surface area contributed by atoms with E-state index in [-0.39, 0.29) is 0 Å². The first-order valence-electron chi connectivity index (χ1n) is 5.93. The average molecular weight is 251 g/mol. The van der Waals surface area contributed by atoms with E-state index < -0.39 is 0 Å². The van der Waals surface area contributed by atoms with Crippen molar-refractivity contribution < 1.29 is 4.74 Å². The Morgan fingerprint density at radius 1 is 1.41 bits per heavy atom. The van der Waals surface area contributed by atoms with Gasteiger partial charge >= 0.3 is 0 Å². The van der Waals surface area contributed by atoms with E-state index in [0.717, 1.165) is 24.2 Å². The molecular weight excluding hydrogens is 236 g/mol. The van der Waals surface area contributed by atoms with Crippen LogP contribution in [0.2, 0.25) is 5.15 Å². The lowest BCUT2D eigenvalue weighted by Crippen LogP contribution is -2.15. The van der Waals surface area contributed by atoms with E-state index in [1.165, 1.54) is 11.2 Å². The highest BCUT2D eigenvalue weighted by Crippen LogP contribution is 2.29. The fourth-order valence-electron chi connectivity index (χ4n) is 2.34. The number of hydrogen-bond donors (Lipinski definition) is 0. The van der Waals surface area contributed by atoms with Crippen LogP contribution in [0.4, 0.5) is 0 Å². The SMILES string of the molecule is CC(C)c1cc2c(cc3n2CCOC3)nc1Cl. The zero-order valence-corrected chi connectivity index (χ0v) is 10.8. The van der Waals surface area contributed by atoms with E-state index in [1.54, 1.807) is 0 Å². The predicted molar refractivity (Wildman–Crippen MR) is 68.5 cm³/mol. The number of halogens is 1. The summed E-state index contributed by atoms with van der Waals surface area (Å²) < 4.78 is 7.74. The van der Waals surface area contributed by atoms with Crippen molar-refractivity contribution in [3.8, 4) is 0 Å². The Morgan fingerprint density at radius 2 is 2.24 bits per heavy atom. The molecule has 0 aromatic carbocycles. The Balaban J connectivity index is 2.26. The van der Waals surface area contributed by atoms with Gasteiger partial charge in [-0.1, -0.05) is 25.4 Å². The summed E-state index contributed by atoms with van der Waals surface area (Å²) in [5.41, 5.74) is 4.46. The van der Waals surface area contributed by atoms with Crippen molar-refractivity contribution in [3.05, 3.63) is 28.5 Å². The molecule has 0 aliphatic carbocycles. The van der Waals surface area contributed by atoms with Gasteiger partial charge in [0.15, 0.2) is 0 Å². The lowest BCUT2D eigenvalue weighted by atomic mass is 10.1. The van der Waals surface area contributed by atoms with Gasteiger partial charge in [0.1, 0.15) is 5.15 Å². The zero-order chi connectivity index (χ0) is 12.0. The largest absolute Gasteiger partial charge is 0.373 e. The Hall–Kier alpha value is -1.06. The van der Waals surface area contributed by atoms with Gasteiger partial charge in [-0.15, -0.1) is 0 Å². The first-order valence-corrected chi connectivity index (χ1v) is 6.31. The third kappa shape index (κ3) is 1.74. The fraction of sp³-hybridized carbons (Fsp3) is 0.462. The quantitative estimate of drug-likeness (QED) is 0.726. The maximum Gasteiger partial charge on any atom is 0.133 e. The number of nitrogens with zero attached hydrogens (tertiary/aromatic N) is 2. The van der Waals surface area contributed by atoms with E-state index in [1.807, 2.05) is 0 Å². The summed E-state index contributed by atoms with van der Waals surface area (Å²) in [7, 11) is 0. The number of fused-ring (bicyclic) bond motifs is 3. The zero-order valence-electron chi connectivity index (χ0n) is 10.0. The van der Waals surface area contributed by atoms with Gasteiger partial charge in [0.25, 0.3) is 0 Å². The molecule has 0 amide bonds. The van der Waals surface area contributed by atoms with E-state index >= 15 is 0 Å². The highest BCUT2D eigenvalue weighted by molar-refractivity contribution is 6.30. The van der Waals surface area contributed by atoms with Crippen LogP contribution in [0.5, 0.6) is 0 Å². The van der Waals surface area contributed by atoms with Crippen molar-refractivity contribution in [3.63, 3.8) is 0 Å². The molecular formula is C13H15ClN2O. The van der Waals surface area contributed by atoms with Gasteiger partial charge < -0.3 is 9.30 Å². The van der Waals surface area contributed by atoms with Gasteiger partial charge in [0.2, 0.25) is 0 Å². The standard InChI is InChI=1S/C13H15ClN2O/c1-8(2)10-6-12-11(15-13(10)14)5-9-7-17-4-3-16(9)12/h5-6,8H,3-4,7H2,1-2H3. The molecule has 17 heavy (non-hydrogen) atoms. The van der Waals surface area contributed by atoms with Crippen LogP contribution in [0.25, 0.3) is 11.0 Å². The van der Waals surface area contributed by atoms with Crippen molar-refractivity contribution in [2.45, 2.75) is 32.9 Å². The number of pyridine rings is 1. The summed E-state index contributed by atoms with van der Waals surface area (Å²) in [5, 5.41) is 0.622. The number of hydrogen-bond acceptors (Lipinski definition) is 2. The molecule has 4 heteroatoms. The fourth-order valence-corrected chi connectivity index (χ4v) is 2.71. The summed E-state index contributed by atoms with van der Waals surface area (Å²) in [5.74, 6) is 0.394. The smallest absolute Gasteiger partial charge is 0.133 e. The number of ether oxygens (including phenoxy) is 1. The van der Waals surface area contributed by atoms with Crippen LogP contribution in [0.1, 0.15) is 31.0 Å². The molecule has 0 radical (unpaired) electrons. The van der Waals surface area contributed by atoms with Crippen LogP contribution in [0, 0.1) is 0 Å². The molecule has 0 unspecified atom stereocenters. The molecule has 2 aromatic rings. The lowest BCUT2D eigenvalue weighted by Gasteiger charge is -2.17. The highest BCUT2D eigenvalue weighted by atomic mass is 35.5. The molecule has 0 bridgehead atoms. The maximum atomic E-state index is 6.21. The van der Waals surface area contributed by atoms with E-state index in [0.29, 0.717) is 17.7 Å². The maximum absolute atomic E-state index is 6.21. The summed E-state index contributed by atoms with van der Waals surface area (Å²) in [6.07, 6.45) is 0. The average Bonchev–Trinajstić information content (AvgIpc) is 2.64. The minimum absolute atomic E-state index is 0.394. The third-order valence-corrected chi connectivity index (χ3v) is 3.59. The van der Waals surface area contributed by atoms with Crippen molar-refractivity contribution >= 4 is 22.6 Å². The van der Waals surface area contributed by atoms with Crippen molar-refractivity contribution in [1.82, 2.24) is 9.55 Å². The summed E-state index contributed by atoms with van der Waals surface area (Å²) >= 11 is 6.21. The van der Waals surface area contributed by atoms with Crippen LogP contribution in [-0.2, 0) is 17.9 Å². The summed E-state index contributed by atoms with van der Waals surface area (Å²) in [4.78, 5) is 4.49. The molecule has 90 valence electrons. The number of rotatable bonds is 1. The number of aromatic nitrogens is 2. The predicted octanol–water partition coefficient (Wildman–Crippen LogP) is 3.34. The van der Waals surface area contributed by atoms with Crippen molar-refractivity contribution in [1.29, 1.82) is 0 Å². The van der Waals surface area contributed by atoms with Gasteiger partial charge in [-0.3, -0.25) is 0 Å². The van der Waals surface area contributed by atoms with Gasteiger partial charge in [0, 0.05) is 12.2 Å². The summed E-state index contributed by atoms with van der Waals surface area (Å²) in [6, 6.07) is 4.24. The van der Waals surface area contributed by atoms with Gasteiger partial charge in [-0.25, -0.2) is 4.98 Å². The molecule has 0 atom stereocenters. The van der Waals surface area contributed by atoms with Gasteiger partial charge in [-0.05, 0) is 23.6 Å². The third-order valence-electron chi connectivity index (χ3n) is 3.28. The van der Waals surface area contributed by atoms with E-state index in [2.05, 4.69) is 35.5 Å².